The third kappa shape index (κ3) is 3.99. The number of aromatic nitrogens is 4. The number of benzene rings is 1. The van der Waals surface area contributed by atoms with Gasteiger partial charge in [0.25, 0.3) is 11.7 Å². The molecule has 0 aliphatic carbocycles. The Morgan fingerprint density at radius 3 is 2.77 bits per heavy atom. The van der Waals surface area contributed by atoms with Crippen molar-refractivity contribution < 1.29 is 4.79 Å². The normalized spacial score (nSPS) is 11.1. The third-order valence-electron chi connectivity index (χ3n) is 4.26. The van der Waals surface area contributed by atoms with E-state index in [4.69, 9.17) is 0 Å². The van der Waals surface area contributed by atoms with Gasteiger partial charge in [-0.3, -0.25) is 4.79 Å². The van der Waals surface area contributed by atoms with Gasteiger partial charge in [0.1, 0.15) is 12.0 Å². The molecule has 2 aromatic heterocycles. The van der Waals surface area contributed by atoms with Crippen LogP contribution in [0.2, 0.25) is 0 Å². The molecule has 7 nitrogen and oxygen atoms in total. The molecule has 2 heterocycles. The van der Waals surface area contributed by atoms with E-state index in [1.54, 1.807) is 10.6 Å². The van der Waals surface area contributed by atoms with Crippen LogP contribution in [0, 0.1) is 0 Å². The molecule has 0 saturated carbocycles. The van der Waals surface area contributed by atoms with Gasteiger partial charge in [-0.25, -0.2) is 9.50 Å². The third-order valence-corrected chi connectivity index (χ3v) is 4.26. The van der Waals surface area contributed by atoms with E-state index in [0.717, 1.165) is 18.7 Å². The summed E-state index contributed by atoms with van der Waals surface area (Å²) in [6.45, 7) is 5.56. The zero-order chi connectivity index (χ0) is 18.5. The second-order valence-electron chi connectivity index (χ2n) is 6.56. The first-order valence-electron chi connectivity index (χ1n) is 8.81. The van der Waals surface area contributed by atoms with Crippen LogP contribution in [0.25, 0.3) is 5.78 Å². The second-order valence-corrected chi connectivity index (χ2v) is 6.56. The molecule has 0 radical (unpaired) electrons. The van der Waals surface area contributed by atoms with Crippen molar-refractivity contribution in [2.75, 3.05) is 25.0 Å². The van der Waals surface area contributed by atoms with E-state index in [0.29, 0.717) is 18.0 Å². The summed E-state index contributed by atoms with van der Waals surface area (Å²) in [5.41, 5.74) is 2.46. The number of nitrogens with one attached hydrogen (secondary N) is 1. The predicted molar refractivity (Wildman–Crippen MR) is 102 cm³/mol. The number of carbonyl (C=O) groups is 1. The molecule has 26 heavy (non-hydrogen) atoms. The second kappa shape index (κ2) is 7.95. The molecule has 0 bridgehead atoms. The maximum absolute atomic E-state index is 12.5. The number of anilines is 1. The highest BCUT2D eigenvalue weighted by molar-refractivity contribution is 5.92. The van der Waals surface area contributed by atoms with E-state index in [1.807, 2.05) is 25.2 Å². The average Bonchev–Trinajstić information content (AvgIpc) is 3.13. The molecule has 7 heteroatoms. The van der Waals surface area contributed by atoms with E-state index >= 15 is 0 Å². The van der Waals surface area contributed by atoms with Crippen LogP contribution in [0.4, 0.5) is 5.69 Å². The van der Waals surface area contributed by atoms with Gasteiger partial charge >= 0.3 is 0 Å². The molecule has 0 saturated heterocycles. The van der Waals surface area contributed by atoms with Crippen molar-refractivity contribution >= 4 is 17.4 Å². The van der Waals surface area contributed by atoms with Gasteiger partial charge in [0.05, 0.1) is 5.69 Å². The number of para-hydroxylation sites is 1. The van der Waals surface area contributed by atoms with Gasteiger partial charge in [0, 0.05) is 25.8 Å². The summed E-state index contributed by atoms with van der Waals surface area (Å²) in [5, 5.41) is 7.11. The molecule has 0 aliphatic heterocycles. The maximum atomic E-state index is 12.5. The summed E-state index contributed by atoms with van der Waals surface area (Å²) in [7, 11) is 2.05. The van der Waals surface area contributed by atoms with Gasteiger partial charge in [-0.15, -0.1) is 0 Å². The first kappa shape index (κ1) is 17.8. The van der Waals surface area contributed by atoms with Crippen molar-refractivity contribution in [3.05, 3.63) is 54.1 Å². The Morgan fingerprint density at radius 2 is 2.04 bits per heavy atom. The van der Waals surface area contributed by atoms with Crippen LogP contribution in [0.1, 0.15) is 42.4 Å². The van der Waals surface area contributed by atoms with E-state index in [1.165, 1.54) is 12.0 Å². The molecule has 1 amide bonds. The zero-order valence-electron chi connectivity index (χ0n) is 15.4. The first-order valence-corrected chi connectivity index (χ1v) is 8.81. The minimum absolute atomic E-state index is 0.181. The van der Waals surface area contributed by atoms with Gasteiger partial charge in [-0.1, -0.05) is 32.0 Å². The Bertz CT molecular complexity index is 874. The lowest BCUT2D eigenvalue weighted by molar-refractivity contribution is 0.0948. The SMILES string of the molecule is CC(C)c1cc(C(=O)NCCCN(C)c2ccccc2)nc2ncnn12. The van der Waals surface area contributed by atoms with Gasteiger partial charge in [0.15, 0.2) is 0 Å². The van der Waals surface area contributed by atoms with E-state index in [-0.39, 0.29) is 11.8 Å². The summed E-state index contributed by atoms with van der Waals surface area (Å²) >= 11 is 0. The van der Waals surface area contributed by atoms with Crippen LogP contribution in [0.15, 0.2) is 42.7 Å². The number of carbonyl (C=O) groups excluding carboxylic acids is 1. The Hall–Kier alpha value is -2.96. The van der Waals surface area contributed by atoms with Gasteiger partial charge in [-0.05, 0) is 30.5 Å². The summed E-state index contributed by atoms with van der Waals surface area (Å²) in [4.78, 5) is 23.0. The van der Waals surface area contributed by atoms with Crippen LogP contribution in [-0.2, 0) is 0 Å². The molecule has 0 fully saturated rings. The lowest BCUT2D eigenvalue weighted by atomic mass is 10.1. The predicted octanol–water partition coefficient (Wildman–Crippen LogP) is 2.50. The molecule has 0 unspecified atom stereocenters. The minimum Gasteiger partial charge on any atom is -0.375 e. The number of hydrogen-bond acceptors (Lipinski definition) is 5. The Labute approximate surface area is 153 Å². The Kier molecular flexibility index (Phi) is 5.46. The molecule has 1 aromatic carbocycles. The van der Waals surface area contributed by atoms with E-state index in [9.17, 15) is 4.79 Å². The maximum Gasteiger partial charge on any atom is 0.270 e. The molecule has 1 N–H and O–H groups in total. The topological polar surface area (TPSA) is 75.4 Å². The van der Waals surface area contributed by atoms with Crippen LogP contribution in [-0.4, -0.2) is 45.6 Å². The van der Waals surface area contributed by atoms with E-state index in [2.05, 4.69) is 51.3 Å². The van der Waals surface area contributed by atoms with Crippen molar-refractivity contribution in [1.82, 2.24) is 24.9 Å². The van der Waals surface area contributed by atoms with Crippen molar-refractivity contribution in [2.24, 2.45) is 0 Å². The van der Waals surface area contributed by atoms with Crippen LogP contribution in [0.5, 0.6) is 0 Å². The highest BCUT2D eigenvalue weighted by Crippen LogP contribution is 2.15. The van der Waals surface area contributed by atoms with Crippen molar-refractivity contribution in [2.45, 2.75) is 26.2 Å². The largest absolute Gasteiger partial charge is 0.375 e. The zero-order valence-corrected chi connectivity index (χ0v) is 15.4. The number of amides is 1. The molecule has 0 aliphatic rings. The standard InChI is InChI=1S/C19H24N6O/c1-14(2)17-12-16(23-19-21-13-22-25(17)19)18(26)20-10-7-11-24(3)15-8-5-4-6-9-15/h4-6,8-9,12-14H,7,10-11H2,1-3H3,(H,20,26). The number of nitrogens with zero attached hydrogens (tertiary/aromatic N) is 5. The van der Waals surface area contributed by atoms with Crippen LogP contribution in [0.3, 0.4) is 0 Å². The van der Waals surface area contributed by atoms with Crippen LogP contribution < -0.4 is 10.2 Å². The number of hydrogen-bond donors (Lipinski definition) is 1. The highest BCUT2D eigenvalue weighted by atomic mass is 16.1. The molecular formula is C19H24N6O. The Balaban J connectivity index is 1.58. The van der Waals surface area contributed by atoms with Crippen LogP contribution >= 0.6 is 0 Å². The van der Waals surface area contributed by atoms with Crippen molar-refractivity contribution in [3.63, 3.8) is 0 Å². The van der Waals surface area contributed by atoms with E-state index < -0.39 is 0 Å². The summed E-state index contributed by atoms with van der Waals surface area (Å²) < 4.78 is 1.68. The lowest BCUT2D eigenvalue weighted by Crippen LogP contribution is -2.29. The molecule has 0 atom stereocenters. The van der Waals surface area contributed by atoms with Gasteiger partial charge < -0.3 is 10.2 Å². The molecule has 0 spiro atoms. The Morgan fingerprint density at radius 1 is 1.27 bits per heavy atom. The molecule has 3 aromatic rings. The number of fused-ring (bicyclic) bond motifs is 1. The average molecular weight is 352 g/mol. The first-order chi connectivity index (χ1) is 12.6. The van der Waals surface area contributed by atoms with Gasteiger partial charge in [0.2, 0.25) is 0 Å². The fourth-order valence-corrected chi connectivity index (χ4v) is 2.78. The monoisotopic (exact) mass is 352 g/mol. The lowest BCUT2D eigenvalue weighted by Gasteiger charge is -2.19. The van der Waals surface area contributed by atoms with Crippen molar-refractivity contribution in [3.8, 4) is 0 Å². The smallest absolute Gasteiger partial charge is 0.270 e. The fourth-order valence-electron chi connectivity index (χ4n) is 2.78. The highest BCUT2D eigenvalue weighted by Gasteiger charge is 2.15. The van der Waals surface area contributed by atoms with Gasteiger partial charge in [-0.2, -0.15) is 10.1 Å². The number of rotatable bonds is 7. The fraction of sp³-hybridized carbons (Fsp3) is 0.368. The molecule has 136 valence electrons. The van der Waals surface area contributed by atoms with Crippen molar-refractivity contribution in [1.29, 1.82) is 0 Å². The summed E-state index contributed by atoms with van der Waals surface area (Å²) in [6.07, 6.45) is 2.30. The quantitative estimate of drug-likeness (QED) is 0.661. The molecular weight excluding hydrogens is 328 g/mol. The summed E-state index contributed by atoms with van der Waals surface area (Å²) in [6, 6.07) is 12.0. The minimum atomic E-state index is -0.181. The summed E-state index contributed by atoms with van der Waals surface area (Å²) in [5.74, 6) is 0.484. The molecule has 3 rings (SSSR count).